The van der Waals surface area contributed by atoms with Crippen LogP contribution < -0.4 is 5.32 Å². The number of rotatable bonds is 5. The van der Waals surface area contributed by atoms with Crippen LogP contribution in [0, 0.1) is 18.8 Å². The number of aryl methyl sites for hydroxylation is 1. The van der Waals surface area contributed by atoms with Crippen molar-refractivity contribution in [2.45, 2.75) is 52.5 Å². The summed E-state index contributed by atoms with van der Waals surface area (Å²) in [5, 5.41) is 3.79. The van der Waals surface area contributed by atoms with Crippen LogP contribution in [0.3, 0.4) is 0 Å². The van der Waals surface area contributed by atoms with E-state index in [2.05, 4.69) is 70.1 Å². The summed E-state index contributed by atoms with van der Waals surface area (Å²) in [4.78, 5) is 0. The van der Waals surface area contributed by atoms with Crippen molar-refractivity contribution in [3.05, 3.63) is 32.2 Å². The third-order valence-corrected chi connectivity index (χ3v) is 6.12. The summed E-state index contributed by atoms with van der Waals surface area (Å²) in [6.45, 7) is 7.88. The minimum atomic E-state index is 0.471. The maximum Gasteiger partial charge on any atom is 0.0362 e. The lowest BCUT2D eigenvalue weighted by Gasteiger charge is -2.30. The van der Waals surface area contributed by atoms with E-state index in [1.54, 1.807) is 0 Å². The number of hydrogen-bond acceptors (Lipinski definition) is 1. The summed E-state index contributed by atoms with van der Waals surface area (Å²) in [6.07, 6.45) is 5.28. The van der Waals surface area contributed by atoms with Crippen LogP contribution in [-0.2, 0) is 0 Å². The monoisotopic (exact) mass is 401 g/mol. The average molecular weight is 403 g/mol. The van der Waals surface area contributed by atoms with Crippen molar-refractivity contribution in [2.24, 2.45) is 11.8 Å². The Morgan fingerprint density at radius 2 is 2.00 bits per heavy atom. The zero-order valence-corrected chi connectivity index (χ0v) is 15.9. The van der Waals surface area contributed by atoms with E-state index in [-0.39, 0.29) is 0 Å². The minimum absolute atomic E-state index is 0.471. The predicted octanol–water partition coefficient (Wildman–Crippen LogP) is 6.00. The van der Waals surface area contributed by atoms with Crippen molar-refractivity contribution in [1.29, 1.82) is 0 Å². The highest BCUT2D eigenvalue weighted by molar-refractivity contribution is 9.11. The first kappa shape index (κ1) is 16.5. The van der Waals surface area contributed by atoms with E-state index in [1.807, 2.05) is 0 Å². The lowest BCUT2D eigenvalue weighted by atomic mass is 9.85. The number of benzene rings is 1. The maximum atomic E-state index is 3.79. The van der Waals surface area contributed by atoms with Crippen molar-refractivity contribution < 1.29 is 0 Å². The topological polar surface area (TPSA) is 12.0 Å². The van der Waals surface area contributed by atoms with Gasteiger partial charge < -0.3 is 5.32 Å². The molecule has 2 rings (SSSR count). The molecule has 0 aromatic heterocycles. The first-order valence-electron chi connectivity index (χ1n) is 7.73. The zero-order valence-electron chi connectivity index (χ0n) is 12.7. The molecule has 1 saturated carbocycles. The molecule has 3 unspecified atom stereocenters. The highest BCUT2D eigenvalue weighted by Gasteiger charge is 2.32. The molecule has 3 atom stereocenters. The molecule has 0 bridgehead atoms. The van der Waals surface area contributed by atoms with Gasteiger partial charge in [-0.3, -0.25) is 0 Å². The molecule has 20 heavy (non-hydrogen) atoms. The van der Waals surface area contributed by atoms with Gasteiger partial charge in [0.1, 0.15) is 0 Å². The van der Waals surface area contributed by atoms with Crippen LogP contribution in [0.15, 0.2) is 21.1 Å². The predicted molar refractivity (Wildman–Crippen MR) is 94.1 cm³/mol. The molecule has 1 aliphatic rings. The molecule has 1 nitrogen and oxygen atoms in total. The lowest BCUT2D eigenvalue weighted by Crippen LogP contribution is -2.30. The largest absolute Gasteiger partial charge is 0.310 e. The quantitative estimate of drug-likeness (QED) is 0.636. The number of halogens is 2. The maximum absolute atomic E-state index is 3.79. The number of nitrogens with one attached hydrogen (secondary N) is 1. The van der Waals surface area contributed by atoms with Crippen molar-refractivity contribution in [2.75, 3.05) is 6.54 Å². The van der Waals surface area contributed by atoms with E-state index >= 15 is 0 Å². The van der Waals surface area contributed by atoms with Gasteiger partial charge in [0.2, 0.25) is 0 Å². The first-order chi connectivity index (χ1) is 9.54. The molecule has 0 saturated heterocycles. The molecule has 1 aromatic rings. The van der Waals surface area contributed by atoms with Crippen LogP contribution in [-0.4, -0.2) is 6.54 Å². The Kier molecular flexibility index (Phi) is 6.12. The second kappa shape index (κ2) is 7.42. The van der Waals surface area contributed by atoms with E-state index in [0.717, 1.165) is 18.4 Å². The van der Waals surface area contributed by atoms with E-state index in [0.29, 0.717) is 6.04 Å². The van der Waals surface area contributed by atoms with Gasteiger partial charge in [-0.05, 0) is 61.4 Å². The van der Waals surface area contributed by atoms with Crippen LogP contribution in [0.2, 0.25) is 0 Å². The normalized spacial score (nSPS) is 24.1. The Morgan fingerprint density at radius 1 is 1.25 bits per heavy atom. The second-order valence-electron chi connectivity index (χ2n) is 6.13. The zero-order chi connectivity index (χ0) is 14.7. The van der Waals surface area contributed by atoms with Gasteiger partial charge in [0, 0.05) is 15.0 Å². The van der Waals surface area contributed by atoms with E-state index in [1.165, 1.54) is 45.8 Å². The van der Waals surface area contributed by atoms with Gasteiger partial charge in [-0.2, -0.15) is 0 Å². The highest BCUT2D eigenvalue weighted by Crippen LogP contribution is 2.42. The average Bonchev–Trinajstić information content (AvgIpc) is 2.82. The molecule has 0 spiro atoms. The molecule has 1 aliphatic carbocycles. The van der Waals surface area contributed by atoms with Gasteiger partial charge in [-0.1, -0.05) is 58.5 Å². The summed E-state index contributed by atoms with van der Waals surface area (Å²) >= 11 is 7.47. The van der Waals surface area contributed by atoms with E-state index in [9.17, 15) is 0 Å². The van der Waals surface area contributed by atoms with E-state index < -0.39 is 0 Å². The highest BCUT2D eigenvalue weighted by atomic mass is 79.9. The molecular formula is C17H25Br2N. The summed E-state index contributed by atoms with van der Waals surface area (Å²) in [5.74, 6) is 1.57. The fourth-order valence-corrected chi connectivity index (χ4v) is 4.43. The Hall–Kier alpha value is 0.140. The van der Waals surface area contributed by atoms with Crippen LogP contribution in [0.1, 0.15) is 56.7 Å². The molecule has 1 N–H and O–H groups in total. The third kappa shape index (κ3) is 3.66. The SMILES string of the molecule is CCCNC(c1cc(Br)c(C)cc1Br)C1CCCC1C. The van der Waals surface area contributed by atoms with Gasteiger partial charge in [-0.15, -0.1) is 0 Å². The second-order valence-corrected chi connectivity index (χ2v) is 7.84. The Labute approximate surface area is 140 Å². The molecule has 1 aromatic carbocycles. The molecule has 0 amide bonds. The van der Waals surface area contributed by atoms with Gasteiger partial charge >= 0.3 is 0 Å². The van der Waals surface area contributed by atoms with Crippen LogP contribution in [0.5, 0.6) is 0 Å². The fourth-order valence-electron chi connectivity index (χ4n) is 3.36. The fraction of sp³-hybridized carbons (Fsp3) is 0.647. The Balaban J connectivity index is 2.32. The molecule has 0 heterocycles. The molecule has 3 heteroatoms. The molecular weight excluding hydrogens is 378 g/mol. The molecule has 1 fully saturated rings. The van der Waals surface area contributed by atoms with Crippen LogP contribution >= 0.6 is 31.9 Å². The number of hydrogen-bond donors (Lipinski definition) is 1. The van der Waals surface area contributed by atoms with Crippen molar-refractivity contribution in [3.8, 4) is 0 Å². The third-order valence-electron chi connectivity index (χ3n) is 4.58. The van der Waals surface area contributed by atoms with Gasteiger partial charge in [-0.25, -0.2) is 0 Å². The van der Waals surface area contributed by atoms with Crippen LogP contribution in [0.25, 0.3) is 0 Å². The summed E-state index contributed by atoms with van der Waals surface area (Å²) in [5.41, 5.74) is 2.70. The van der Waals surface area contributed by atoms with Crippen molar-refractivity contribution in [3.63, 3.8) is 0 Å². The smallest absolute Gasteiger partial charge is 0.0362 e. The van der Waals surface area contributed by atoms with Crippen molar-refractivity contribution in [1.82, 2.24) is 5.32 Å². The summed E-state index contributed by atoms with van der Waals surface area (Å²) in [6, 6.07) is 5.01. The van der Waals surface area contributed by atoms with Crippen LogP contribution in [0.4, 0.5) is 0 Å². The van der Waals surface area contributed by atoms with Gasteiger partial charge in [0.15, 0.2) is 0 Å². The summed E-state index contributed by atoms with van der Waals surface area (Å²) < 4.78 is 2.45. The molecule has 0 aliphatic heterocycles. The lowest BCUT2D eigenvalue weighted by molar-refractivity contribution is 0.301. The summed E-state index contributed by atoms with van der Waals surface area (Å²) in [7, 11) is 0. The standard InChI is InChI=1S/C17H25Br2N/c1-4-8-20-17(13-7-5-6-11(13)2)14-10-15(18)12(3)9-16(14)19/h9-11,13,17,20H,4-8H2,1-3H3. The first-order valence-corrected chi connectivity index (χ1v) is 9.32. The van der Waals surface area contributed by atoms with E-state index in [4.69, 9.17) is 0 Å². The van der Waals surface area contributed by atoms with Gasteiger partial charge in [0.25, 0.3) is 0 Å². The molecule has 0 radical (unpaired) electrons. The Bertz CT molecular complexity index is 459. The Morgan fingerprint density at radius 3 is 2.60 bits per heavy atom. The van der Waals surface area contributed by atoms with Gasteiger partial charge in [0.05, 0.1) is 0 Å². The minimum Gasteiger partial charge on any atom is -0.310 e. The molecule has 112 valence electrons. The van der Waals surface area contributed by atoms with Crippen molar-refractivity contribution >= 4 is 31.9 Å².